The summed E-state index contributed by atoms with van der Waals surface area (Å²) in [6.07, 6.45) is 1.86. The van der Waals surface area contributed by atoms with E-state index in [1.165, 1.54) is 5.56 Å². The number of ether oxygens (including phenoxy) is 1. The molecule has 4 nitrogen and oxygen atoms in total. The van der Waals surface area contributed by atoms with Gasteiger partial charge in [0.1, 0.15) is 17.4 Å². The average molecular weight is 285 g/mol. The Morgan fingerprint density at radius 2 is 1.95 bits per heavy atom. The molecule has 0 aliphatic heterocycles. The predicted octanol–water partition coefficient (Wildman–Crippen LogP) is 4.27. The second-order valence-corrected chi connectivity index (χ2v) is 5.12. The minimum absolute atomic E-state index is 0.634. The summed E-state index contributed by atoms with van der Waals surface area (Å²) < 4.78 is 5.97. The average Bonchev–Trinajstić information content (AvgIpc) is 2.44. The maximum Gasteiger partial charge on any atom is 0.227 e. The van der Waals surface area contributed by atoms with Crippen molar-refractivity contribution < 1.29 is 4.74 Å². The maximum atomic E-state index is 5.97. The van der Waals surface area contributed by atoms with E-state index in [0.29, 0.717) is 5.88 Å². The van der Waals surface area contributed by atoms with Crippen LogP contribution >= 0.6 is 0 Å². The number of nitrogens with zero attached hydrogens (tertiary/aromatic N) is 2. The highest BCUT2D eigenvalue weighted by Crippen LogP contribution is 2.27. The first-order valence-corrected chi connectivity index (χ1v) is 7.50. The molecule has 0 amide bonds. The standard InChI is InChI=1S/C17H23N3O/c1-5-8-15-19-16(18-6-2)13(4)17(20-15)21-14-10-7-9-12(3)11-14/h7,9-11H,5-6,8H2,1-4H3,(H,18,19,20). The number of anilines is 1. The van der Waals surface area contributed by atoms with Gasteiger partial charge in [-0.05, 0) is 44.9 Å². The SMILES string of the molecule is CCCc1nc(NCC)c(C)c(Oc2cccc(C)c2)n1. The van der Waals surface area contributed by atoms with E-state index < -0.39 is 0 Å². The molecule has 1 aromatic heterocycles. The molecule has 0 fully saturated rings. The summed E-state index contributed by atoms with van der Waals surface area (Å²) in [6.45, 7) is 9.04. The van der Waals surface area contributed by atoms with Crippen molar-refractivity contribution in [3.05, 3.63) is 41.2 Å². The van der Waals surface area contributed by atoms with Crippen molar-refractivity contribution in [2.75, 3.05) is 11.9 Å². The van der Waals surface area contributed by atoms with E-state index in [1.807, 2.05) is 38.1 Å². The third-order valence-corrected chi connectivity index (χ3v) is 3.17. The Morgan fingerprint density at radius 3 is 2.62 bits per heavy atom. The molecule has 2 aromatic rings. The van der Waals surface area contributed by atoms with Crippen LogP contribution in [0.1, 0.15) is 37.2 Å². The molecule has 0 bridgehead atoms. The van der Waals surface area contributed by atoms with Crippen molar-refractivity contribution in [2.45, 2.75) is 40.5 Å². The van der Waals surface area contributed by atoms with Crippen LogP contribution in [-0.4, -0.2) is 16.5 Å². The van der Waals surface area contributed by atoms with Gasteiger partial charge < -0.3 is 10.1 Å². The molecule has 0 saturated heterocycles. The van der Waals surface area contributed by atoms with Gasteiger partial charge in [-0.25, -0.2) is 4.98 Å². The Labute approximate surface area is 126 Å². The van der Waals surface area contributed by atoms with Crippen LogP contribution in [0, 0.1) is 13.8 Å². The van der Waals surface area contributed by atoms with Gasteiger partial charge in [0.25, 0.3) is 0 Å². The Morgan fingerprint density at radius 1 is 1.14 bits per heavy atom. The molecule has 0 saturated carbocycles. The van der Waals surface area contributed by atoms with E-state index in [9.17, 15) is 0 Å². The third kappa shape index (κ3) is 3.94. The first-order chi connectivity index (χ1) is 10.1. The fraction of sp³-hybridized carbons (Fsp3) is 0.412. The van der Waals surface area contributed by atoms with Crippen LogP contribution in [0.4, 0.5) is 5.82 Å². The molecule has 1 heterocycles. The molecule has 1 aromatic carbocycles. The fourth-order valence-electron chi connectivity index (χ4n) is 2.11. The molecule has 0 atom stereocenters. The van der Waals surface area contributed by atoms with E-state index in [2.05, 4.69) is 29.1 Å². The summed E-state index contributed by atoms with van der Waals surface area (Å²) in [5.74, 6) is 3.12. The van der Waals surface area contributed by atoms with Crippen molar-refractivity contribution in [2.24, 2.45) is 0 Å². The van der Waals surface area contributed by atoms with Crippen molar-refractivity contribution >= 4 is 5.82 Å². The molecule has 0 aliphatic carbocycles. The van der Waals surface area contributed by atoms with Gasteiger partial charge in [0, 0.05) is 13.0 Å². The lowest BCUT2D eigenvalue weighted by Gasteiger charge is -2.13. The zero-order chi connectivity index (χ0) is 15.2. The molecule has 0 spiro atoms. The maximum absolute atomic E-state index is 5.97. The summed E-state index contributed by atoms with van der Waals surface area (Å²) in [5, 5.41) is 3.28. The van der Waals surface area contributed by atoms with Crippen LogP contribution in [0.2, 0.25) is 0 Å². The first kappa shape index (κ1) is 15.3. The normalized spacial score (nSPS) is 10.5. The van der Waals surface area contributed by atoms with E-state index >= 15 is 0 Å². The van der Waals surface area contributed by atoms with Gasteiger partial charge in [0.2, 0.25) is 5.88 Å². The van der Waals surface area contributed by atoms with Gasteiger partial charge in [-0.15, -0.1) is 0 Å². The molecule has 1 N–H and O–H groups in total. The quantitative estimate of drug-likeness (QED) is 0.861. The Bertz CT molecular complexity index is 611. The molecule has 0 aliphatic rings. The molecule has 0 radical (unpaired) electrons. The van der Waals surface area contributed by atoms with Crippen molar-refractivity contribution in [3.63, 3.8) is 0 Å². The Hall–Kier alpha value is -2.10. The van der Waals surface area contributed by atoms with E-state index in [1.54, 1.807) is 0 Å². The first-order valence-electron chi connectivity index (χ1n) is 7.50. The van der Waals surface area contributed by atoms with E-state index in [-0.39, 0.29) is 0 Å². The number of nitrogens with one attached hydrogen (secondary N) is 1. The lowest BCUT2D eigenvalue weighted by atomic mass is 10.2. The van der Waals surface area contributed by atoms with E-state index in [0.717, 1.165) is 42.3 Å². The molecule has 2 rings (SSSR count). The van der Waals surface area contributed by atoms with Crippen LogP contribution < -0.4 is 10.1 Å². The fourth-order valence-corrected chi connectivity index (χ4v) is 2.11. The van der Waals surface area contributed by atoms with Crippen molar-refractivity contribution in [3.8, 4) is 11.6 Å². The van der Waals surface area contributed by atoms with Gasteiger partial charge in [-0.3, -0.25) is 0 Å². The lowest BCUT2D eigenvalue weighted by molar-refractivity contribution is 0.454. The van der Waals surface area contributed by atoms with Gasteiger partial charge in [0.05, 0.1) is 5.56 Å². The molecule has 0 unspecified atom stereocenters. The predicted molar refractivity (Wildman–Crippen MR) is 86.2 cm³/mol. The summed E-state index contributed by atoms with van der Waals surface area (Å²) in [4.78, 5) is 9.13. The number of rotatable bonds is 6. The summed E-state index contributed by atoms with van der Waals surface area (Å²) in [7, 11) is 0. The number of hydrogen-bond acceptors (Lipinski definition) is 4. The second kappa shape index (κ2) is 7.07. The number of hydrogen-bond donors (Lipinski definition) is 1. The van der Waals surface area contributed by atoms with Crippen LogP contribution in [0.5, 0.6) is 11.6 Å². The zero-order valence-electron chi connectivity index (χ0n) is 13.2. The van der Waals surface area contributed by atoms with E-state index in [4.69, 9.17) is 4.74 Å². The van der Waals surface area contributed by atoms with Crippen LogP contribution in [0.15, 0.2) is 24.3 Å². The molecular formula is C17H23N3O. The Kier molecular flexibility index (Phi) is 5.14. The minimum atomic E-state index is 0.634. The van der Waals surface area contributed by atoms with Crippen molar-refractivity contribution in [1.29, 1.82) is 0 Å². The summed E-state index contributed by atoms with van der Waals surface area (Å²) >= 11 is 0. The van der Waals surface area contributed by atoms with Crippen LogP contribution in [-0.2, 0) is 6.42 Å². The van der Waals surface area contributed by atoms with Gasteiger partial charge >= 0.3 is 0 Å². The highest BCUT2D eigenvalue weighted by molar-refractivity contribution is 5.49. The highest BCUT2D eigenvalue weighted by atomic mass is 16.5. The lowest BCUT2D eigenvalue weighted by Crippen LogP contribution is -2.08. The zero-order valence-corrected chi connectivity index (χ0v) is 13.2. The largest absolute Gasteiger partial charge is 0.439 e. The van der Waals surface area contributed by atoms with Gasteiger partial charge in [0.15, 0.2) is 0 Å². The van der Waals surface area contributed by atoms with Gasteiger partial charge in [-0.2, -0.15) is 4.98 Å². The molecular weight excluding hydrogens is 262 g/mol. The number of benzene rings is 1. The third-order valence-electron chi connectivity index (χ3n) is 3.17. The molecule has 112 valence electrons. The summed E-state index contributed by atoms with van der Waals surface area (Å²) in [5.41, 5.74) is 2.11. The monoisotopic (exact) mass is 285 g/mol. The topological polar surface area (TPSA) is 47.0 Å². The molecule has 21 heavy (non-hydrogen) atoms. The molecule has 4 heteroatoms. The smallest absolute Gasteiger partial charge is 0.227 e. The number of aryl methyl sites for hydroxylation is 2. The summed E-state index contributed by atoms with van der Waals surface area (Å²) in [6, 6.07) is 7.99. The minimum Gasteiger partial charge on any atom is -0.439 e. The van der Waals surface area contributed by atoms with Crippen LogP contribution in [0.25, 0.3) is 0 Å². The number of aromatic nitrogens is 2. The second-order valence-electron chi connectivity index (χ2n) is 5.12. The van der Waals surface area contributed by atoms with Crippen molar-refractivity contribution in [1.82, 2.24) is 9.97 Å². The highest BCUT2D eigenvalue weighted by Gasteiger charge is 2.12. The Balaban J connectivity index is 2.36. The van der Waals surface area contributed by atoms with Crippen LogP contribution in [0.3, 0.4) is 0 Å². The van der Waals surface area contributed by atoms with Gasteiger partial charge in [-0.1, -0.05) is 19.1 Å².